The molecule has 5 nitrogen and oxygen atoms in total. The highest BCUT2D eigenvalue weighted by Gasteiger charge is 2.41. The average Bonchev–Trinajstić information content (AvgIpc) is 2.54. The molecule has 1 amide bonds. The second kappa shape index (κ2) is 7.31. The van der Waals surface area contributed by atoms with Gasteiger partial charge in [0.25, 0.3) is 0 Å². The minimum Gasteiger partial charge on any atom is -0.495 e. The third kappa shape index (κ3) is 3.37. The molecule has 1 aromatic rings. The Labute approximate surface area is 136 Å². The first-order valence-electron chi connectivity index (χ1n) is 7.35. The number of halogens is 1. The Hall–Kier alpha value is -1.30. The monoisotopic (exact) mass is 326 g/mol. The molecule has 122 valence electrons. The maximum Gasteiger partial charge on any atom is 0.235 e. The standard InChI is InChI=1S/C16H23ClN2O3/c1-19(12-4-5-14(22-3)13(17)10-12)15(20)16(11-21-2)6-8-18-9-7-16/h4-5,10,18H,6-9,11H2,1-3H3. The number of nitrogens with one attached hydrogen (secondary N) is 1. The molecule has 1 aliphatic heterocycles. The third-order valence-corrected chi connectivity index (χ3v) is 4.56. The van der Waals surface area contributed by atoms with Crippen LogP contribution in [0.4, 0.5) is 5.69 Å². The highest BCUT2D eigenvalue weighted by atomic mass is 35.5. The lowest BCUT2D eigenvalue weighted by molar-refractivity contribution is -0.133. The summed E-state index contributed by atoms with van der Waals surface area (Å²) in [5, 5.41) is 3.78. The van der Waals surface area contributed by atoms with Crippen molar-refractivity contribution in [3.8, 4) is 5.75 Å². The van der Waals surface area contributed by atoms with Gasteiger partial charge in [-0.3, -0.25) is 4.79 Å². The number of hydrogen-bond acceptors (Lipinski definition) is 4. The van der Waals surface area contributed by atoms with Crippen molar-refractivity contribution in [1.82, 2.24) is 5.32 Å². The molecule has 1 heterocycles. The van der Waals surface area contributed by atoms with E-state index in [4.69, 9.17) is 21.1 Å². The first-order valence-corrected chi connectivity index (χ1v) is 7.73. The Kier molecular flexibility index (Phi) is 5.67. The van der Waals surface area contributed by atoms with Crippen LogP contribution in [0.2, 0.25) is 5.02 Å². The minimum absolute atomic E-state index is 0.0667. The zero-order chi connectivity index (χ0) is 16.2. The molecule has 0 saturated carbocycles. The van der Waals surface area contributed by atoms with E-state index in [0.717, 1.165) is 31.6 Å². The normalized spacial score (nSPS) is 17.1. The van der Waals surface area contributed by atoms with Crippen LogP contribution in [0.1, 0.15) is 12.8 Å². The number of carbonyl (C=O) groups excluding carboxylic acids is 1. The number of piperidine rings is 1. The smallest absolute Gasteiger partial charge is 0.235 e. The van der Waals surface area contributed by atoms with Crippen molar-refractivity contribution < 1.29 is 14.3 Å². The minimum atomic E-state index is -0.471. The van der Waals surface area contributed by atoms with Crippen LogP contribution in [0.15, 0.2) is 18.2 Å². The Bertz CT molecular complexity index is 525. The quantitative estimate of drug-likeness (QED) is 0.902. The zero-order valence-corrected chi connectivity index (χ0v) is 14.1. The Morgan fingerprint density at radius 1 is 1.36 bits per heavy atom. The van der Waals surface area contributed by atoms with Crippen LogP contribution in [0.3, 0.4) is 0 Å². The molecule has 0 spiro atoms. The number of nitrogens with zero attached hydrogens (tertiary/aromatic N) is 1. The molecule has 0 aromatic heterocycles. The van der Waals surface area contributed by atoms with Crippen molar-refractivity contribution in [3.05, 3.63) is 23.2 Å². The van der Waals surface area contributed by atoms with E-state index in [9.17, 15) is 4.79 Å². The maximum atomic E-state index is 13.0. The maximum absolute atomic E-state index is 13.0. The summed E-state index contributed by atoms with van der Waals surface area (Å²) in [5.41, 5.74) is 0.283. The fourth-order valence-corrected chi connectivity index (χ4v) is 3.19. The summed E-state index contributed by atoms with van der Waals surface area (Å²) in [6.45, 7) is 2.08. The molecule has 0 aliphatic carbocycles. The molecule has 1 aromatic carbocycles. The molecule has 2 rings (SSSR count). The molecule has 1 fully saturated rings. The van der Waals surface area contributed by atoms with Gasteiger partial charge in [0.2, 0.25) is 5.91 Å². The van der Waals surface area contributed by atoms with E-state index >= 15 is 0 Å². The molecule has 1 N–H and O–H groups in total. The van der Waals surface area contributed by atoms with Gasteiger partial charge in [0.1, 0.15) is 5.75 Å². The molecular weight excluding hydrogens is 304 g/mol. The van der Waals surface area contributed by atoms with Crippen LogP contribution in [0.25, 0.3) is 0 Å². The second-order valence-corrected chi connectivity index (χ2v) is 6.05. The number of methoxy groups -OCH3 is 2. The number of rotatable bonds is 5. The highest BCUT2D eigenvalue weighted by molar-refractivity contribution is 6.32. The number of benzene rings is 1. The summed E-state index contributed by atoms with van der Waals surface area (Å²) >= 11 is 6.16. The average molecular weight is 327 g/mol. The van der Waals surface area contributed by atoms with Crippen LogP contribution in [-0.2, 0) is 9.53 Å². The van der Waals surface area contributed by atoms with E-state index in [2.05, 4.69) is 5.32 Å². The predicted molar refractivity (Wildman–Crippen MR) is 87.8 cm³/mol. The zero-order valence-electron chi connectivity index (χ0n) is 13.3. The molecular formula is C16H23ClN2O3. The largest absolute Gasteiger partial charge is 0.495 e. The Balaban J connectivity index is 2.24. The number of hydrogen-bond donors (Lipinski definition) is 1. The fourth-order valence-electron chi connectivity index (χ4n) is 2.94. The third-order valence-electron chi connectivity index (χ3n) is 4.26. The van der Waals surface area contributed by atoms with Crippen molar-refractivity contribution in [3.63, 3.8) is 0 Å². The Morgan fingerprint density at radius 2 is 2.05 bits per heavy atom. The van der Waals surface area contributed by atoms with Gasteiger partial charge < -0.3 is 19.7 Å². The lowest BCUT2D eigenvalue weighted by Crippen LogP contribution is -2.50. The highest BCUT2D eigenvalue weighted by Crippen LogP contribution is 2.35. The number of carbonyl (C=O) groups is 1. The molecule has 6 heteroatoms. The van der Waals surface area contributed by atoms with Gasteiger partial charge in [-0.2, -0.15) is 0 Å². The number of ether oxygens (including phenoxy) is 2. The summed E-state index contributed by atoms with van der Waals surface area (Å²) < 4.78 is 10.5. The van der Waals surface area contributed by atoms with Crippen LogP contribution in [0, 0.1) is 5.41 Å². The van der Waals surface area contributed by atoms with Gasteiger partial charge in [-0.05, 0) is 44.1 Å². The summed E-state index contributed by atoms with van der Waals surface area (Å²) in [5.74, 6) is 0.664. The van der Waals surface area contributed by atoms with E-state index in [1.807, 2.05) is 6.07 Å². The van der Waals surface area contributed by atoms with Gasteiger partial charge in [-0.1, -0.05) is 11.6 Å². The van der Waals surface area contributed by atoms with Gasteiger partial charge in [0.05, 0.1) is 24.2 Å². The number of amides is 1. The predicted octanol–water partition coefficient (Wildman–Crippen LogP) is 2.33. The van der Waals surface area contributed by atoms with Crippen LogP contribution >= 0.6 is 11.6 Å². The van der Waals surface area contributed by atoms with E-state index in [1.54, 1.807) is 38.3 Å². The van der Waals surface area contributed by atoms with E-state index in [1.165, 1.54) is 0 Å². The molecule has 0 atom stereocenters. The van der Waals surface area contributed by atoms with Crippen LogP contribution < -0.4 is 15.0 Å². The molecule has 0 unspecified atom stereocenters. The van der Waals surface area contributed by atoms with E-state index in [-0.39, 0.29) is 5.91 Å². The van der Waals surface area contributed by atoms with Crippen molar-refractivity contribution in [2.24, 2.45) is 5.41 Å². The van der Waals surface area contributed by atoms with Gasteiger partial charge in [0.15, 0.2) is 0 Å². The van der Waals surface area contributed by atoms with Gasteiger partial charge in [-0.15, -0.1) is 0 Å². The van der Waals surface area contributed by atoms with Gasteiger partial charge in [0, 0.05) is 19.8 Å². The fraction of sp³-hybridized carbons (Fsp3) is 0.562. The van der Waals surface area contributed by atoms with Gasteiger partial charge >= 0.3 is 0 Å². The first kappa shape index (κ1) is 17.1. The molecule has 1 aliphatic rings. The first-order chi connectivity index (χ1) is 10.5. The van der Waals surface area contributed by atoms with Crippen molar-refractivity contribution in [2.45, 2.75) is 12.8 Å². The van der Waals surface area contributed by atoms with E-state index < -0.39 is 5.41 Å². The molecule has 0 radical (unpaired) electrons. The summed E-state index contributed by atoms with van der Waals surface area (Å²) in [4.78, 5) is 14.7. The lowest BCUT2D eigenvalue weighted by atomic mass is 9.78. The van der Waals surface area contributed by atoms with Gasteiger partial charge in [-0.25, -0.2) is 0 Å². The molecule has 22 heavy (non-hydrogen) atoms. The summed E-state index contributed by atoms with van der Waals surface area (Å²) in [6, 6.07) is 5.36. The second-order valence-electron chi connectivity index (χ2n) is 5.65. The Morgan fingerprint density at radius 3 is 2.59 bits per heavy atom. The van der Waals surface area contributed by atoms with Crippen molar-refractivity contribution in [2.75, 3.05) is 45.9 Å². The molecule has 0 bridgehead atoms. The van der Waals surface area contributed by atoms with Crippen LogP contribution in [-0.4, -0.2) is 46.9 Å². The number of anilines is 1. The van der Waals surface area contributed by atoms with Crippen molar-refractivity contribution in [1.29, 1.82) is 0 Å². The SMILES string of the molecule is COCC1(C(=O)N(C)c2ccc(OC)c(Cl)c2)CCNCC1. The summed E-state index contributed by atoms with van der Waals surface area (Å²) in [7, 11) is 4.99. The topological polar surface area (TPSA) is 50.8 Å². The van der Waals surface area contributed by atoms with E-state index in [0.29, 0.717) is 17.4 Å². The summed E-state index contributed by atoms with van der Waals surface area (Å²) in [6.07, 6.45) is 1.54. The lowest BCUT2D eigenvalue weighted by Gasteiger charge is -2.38. The van der Waals surface area contributed by atoms with Crippen LogP contribution in [0.5, 0.6) is 5.75 Å². The molecule has 1 saturated heterocycles. The van der Waals surface area contributed by atoms with Crippen molar-refractivity contribution >= 4 is 23.2 Å².